The summed E-state index contributed by atoms with van der Waals surface area (Å²) in [6, 6.07) is 11.1. The van der Waals surface area contributed by atoms with Crippen LogP contribution < -0.4 is 5.56 Å². The zero-order valence-electron chi connectivity index (χ0n) is 15.5. The van der Waals surface area contributed by atoms with Crippen LogP contribution in [-0.2, 0) is 6.18 Å². The van der Waals surface area contributed by atoms with Crippen LogP contribution in [0.1, 0.15) is 15.9 Å². The second-order valence-corrected chi connectivity index (χ2v) is 8.29. The minimum atomic E-state index is -4.57. The van der Waals surface area contributed by atoms with Gasteiger partial charge in [-0.15, -0.1) is 0 Å². The van der Waals surface area contributed by atoms with Crippen LogP contribution in [0.15, 0.2) is 69.2 Å². The summed E-state index contributed by atoms with van der Waals surface area (Å²) in [5, 5.41) is 6.57. The molecule has 2 aromatic heterocycles. The molecule has 4 aromatic rings. The minimum Gasteiger partial charge on any atom is -0.293 e. The lowest BCUT2D eigenvalue weighted by Gasteiger charge is -2.14. The van der Waals surface area contributed by atoms with Crippen LogP contribution >= 0.6 is 27.7 Å². The van der Waals surface area contributed by atoms with Crippen molar-refractivity contribution in [3.63, 3.8) is 0 Å². The summed E-state index contributed by atoms with van der Waals surface area (Å²) in [7, 11) is 0. The van der Waals surface area contributed by atoms with E-state index in [4.69, 9.17) is 0 Å². The highest BCUT2D eigenvalue weighted by Crippen LogP contribution is 2.31. The Hall–Kier alpha value is -2.92. The first-order valence-electron chi connectivity index (χ1n) is 8.79. The molecule has 0 atom stereocenters. The number of hydrogen-bond donors (Lipinski definition) is 1. The van der Waals surface area contributed by atoms with E-state index in [1.54, 1.807) is 24.3 Å². The zero-order valence-corrected chi connectivity index (χ0v) is 17.9. The van der Waals surface area contributed by atoms with Gasteiger partial charge in [-0.05, 0) is 30.3 Å². The monoisotopic (exact) mass is 508 g/mol. The predicted octanol–water partition coefficient (Wildman–Crippen LogP) is 4.87. The molecule has 0 unspecified atom stereocenters. The van der Waals surface area contributed by atoms with Crippen molar-refractivity contribution in [1.82, 2.24) is 19.7 Å². The van der Waals surface area contributed by atoms with Crippen LogP contribution in [0.5, 0.6) is 0 Å². The van der Waals surface area contributed by atoms with Crippen molar-refractivity contribution >= 4 is 44.5 Å². The number of aromatic amines is 1. The maximum atomic E-state index is 13.2. The van der Waals surface area contributed by atoms with Crippen LogP contribution in [0.2, 0.25) is 0 Å². The molecule has 4 rings (SSSR count). The van der Waals surface area contributed by atoms with Crippen LogP contribution in [0.25, 0.3) is 16.7 Å². The number of thioether (sulfide) groups is 1. The quantitative estimate of drug-likeness (QED) is 0.236. The summed E-state index contributed by atoms with van der Waals surface area (Å²) in [6.45, 7) is 0. The molecule has 6 nitrogen and oxygen atoms in total. The normalized spacial score (nSPS) is 11.7. The molecule has 158 valence electrons. The lowest BCUT2D eigenvalue weighted by Crippen LogP contribution is -2.22. The summed E-state index contributed by atoms with van der Waals surface area (Å²) in [5.41, 5.74) is -0.838. The van der Waals surface area contributed by atoms with Gasteiger partial charge in [0.05, 0.1) is 23.2 Å². The lowest BCUT2D eigenvalue weighted by atomic mass is 10.2. The molecule has 2 heterocycles. The molecule has 0 radical (unpaired) electrons. The summed E-state index contributed by atoms with van der Waals surface area (Å²) in [6.07, 6.45) is -3.31. The van der Waals surface area contributed by atoms with Crippen molar-refractivity contribution < 1.29 is 18.0 Å². The van der Waals surface area contributed by atoms with E-state index in [0.717, 1.165) is 32.9 Å². The fourth-order valence-electron chi connectivity index (χ4n) is 2.87. The molecule has 0 saturated heterocycles. The third-order valence-electron chi connectivity index (χ3n) is 4.38. The van der Waals surface area contributed by atoms with Gasteiger partial charge in [-0.25, -0.2) is 4.98 Å². The number of hydrogen-bond acceptors (Lipinski definition) is 5. The molecular weight excluding hydrogens is 497 g/mol. The second kappa shape index (κ2) is 8.31. The van der Waals surface area contributed by atoms with Gasteiger partial charge in [0, 0.05) is 10.0 Å². The Morgan fingerprint density at radius 2 is 1.90 bits per heavy atom. The van der Waals surface area contributed by atoms with Crippen molar-refractivity contribution in [1.29, 1.82) is 0 Å². The highest BCUT2D eigenvalue weighted by molar-refractivity contribution is 9.10. The highest BCUT2D eigenvalue weighted by Gasteiger charge is 2.31. The summed E-state index contributed by atoms with van der Waals surface area (Å²) in [5.74, 6) is -0.279. The van der Waals surface area contributed by atoms with Gasteiger partial charge in [0.1, 0.15) is 5.39 Å². The number of benzene rings is 2. The molecule has 31 heavy (non-hydrogen) atoms. The summed E-state index contributed by atoms with van der Waals surface area (Å²) < 4.78 is 41.4. The maximum absolute atomic E-state index is 13.2. The molecule has 0 aliphatic carbocycles. The fraction of sp³-hybridized carbons (Fsp3) is 0.100. The number of ketones is 1. The predicted molar refractivity (Wildman–Crippen MR) is 114 cm³/mol. The number of nitrogens with one attached hydrogen (secondary N) is 1. The lowest BCUT2D eigenvalue weighted by molar-refractivity contribution is -0.137. The minimum absolute atomic E-state index is 0.00554. The molecule has 0 saturated carbocycles. The molecule has 0 fully saturated rings. The third kappa shape index (κ3) is 4.42. The summed E-state index contributed by atoms with van der Waals surface area (Å²) >= 11 is 4.25. The van der Waals surface area contributed by atoms with Gasteiger partial charge in [-0.3, -0.25) is 19.3 Å². The number of alkyl halides is 3. The zero-order chi connectivity index (χ0) is 22.2. The van der Waals surface area contributed by atoms with E-state index in [-0.39, 0.29) is 33.4 Å². The molecule has 11 heteroatoms. The first kappa shape index (κ1) is 21.3. The third-order valence-corrected chi connectivity index (χ3v) is 5.85. The number of nitrogens with zero attached hydrogens (tertiary/aromatic N) is 3. The second-order valence-electron chi connectivity index (χ2n) is 6.43. The number of H-pyrrole nitrogens is 1. The van der Waals surface area contributed by atoms with Gasteiger partial charge < -0.3 is 0 Å². The number of aromatic nitrogens is 4. The van der Waals surface area contributed by atoms with E-state index in [0.29, 0.717) is 5.56 Å². The van der Waals surface area contributed by atoms with Gasteiger partial charge >= 0.3 is 6.18 Å². The Morgan fingerprint density at radius 1 is 1.16 bits per heavy atom. The smallest absolute Gasteiger partial charge is 0.293 e. The Balaban J connectivity index is 1.76. The van der Waals surface area contributed by atoms with Crippen molar-refractivity contribution in [3.8, 4) is 5.69 Å². The van der Waals surface area contributed by atoms with Gasteiger partial charge in [-0.2, -0.15) is 18.3 Å². The van der Waals surface area contributed by atoms with Crippen LogP contribution in [0.4, 0.5) is 13.2 Å². The van der Waals surface area contributed by atoms with E-state index in [1.165, 1.54) is 18.3 Å². The molecule has 0 aliphatic rings. The van der Waals surface area contributed by atoms with E-state index < -0.39 is 17.3 Å². The van der Waals surface area contributed by atoms with E-state index in [9.17, 15) is 22.8 Å². The summed E-state index contributed by atoms with van der Waals surface area (Å²) in [4.78, 5) is 29.9. The van der Waals surface area contributed by atoms with Gasteiger partial charge in [0.25, 0.3) is 5.56 Å². The van der Waals surface area contributed by atoms with Crippen molar-refractivity contribution in [2.75, 3.05) is 5.75 Å². The Bertz CT molecular complexity index is 1330. The van der Waals surface area contributed by atoms with E-state index >= 15 is 0 Å². The molecule has 0 amide bonds. The number of rotatable bonds is 5. The average Bonchev–Trinajstić information content (AvgIpc) is 3.21. The number of carbonyl (C=O) groups is 1. The van der Waals surface area contributed by atoms with Crippen molar-refractivity contribution in [2.45, 2.75) is 11.3 Å². The van der Waals surface area contributed by atoms with Crippen molar-refractivity contribution in [3.05, 3.63) is 80.7 Å². The first-order chi connectivity index (χ1) is 14.7. The topological polar surface area (TPSA) is 80.6 Å². The van der Waals surface area contributed by atoms with Crippen LogP contribution in [0.3, 0.4) is 0 Å². The van der Waals surface area contributed by atoms with Crippen molar-refractivity contribution in [2.24, 2.45) is 0 Å². The Labute approximate surface area is 185 Å². The SMILES string of the molecule is O=C(CSc1nc2[nH]ncc2c(=O)n1-c1cccc(C(F)(F)F)c1)c1ccc(Br)cc1. The van der Waals surface area contributed by atoms with Crippen LogP contribution in [-0.4, -0.2) is 31.3 Å². The highest BCUT2D eigenvalue weighted by atomic mass is 79.9. The van der Waals surface area contributed by atoms with E-state index in [1.807, 2.05) is 0 Å². The fourth-order valence-corrected chi connectivity index (χ4v) is 4.03. The maximum Gasteiger partial charge on any atom is 0.416 e. The number of fused-ring (bicyclic) bond motifs is 1. The Kier molecular flexibility index (Phi) is 5.71. The van der Waals surface area contributed by atoms with Gasteiger partial charge in [-0.1, -0.05) is 45.9 Å². The molecular formula is C20H12BrF3N4O2S. The molecule has 1 N–H and O–H groups in total. The Morgan fingerprint density at radius 3 is 2.61 bits per heavy atom. The molecule has 0 aliphatic heterocycles. The standard InChI is InChI=1S/C20H12BrF3N4O2S/c21-13-6-4-11(5-7-13)16(29)10-31-19-26-17-15(9-25-27-17)18(30)28(19)14-3-1-2-12(8-14)20(22,23)24/h1-9H,10H2,(H,25,27). The van der Waals surface area contributed by atoms with Gasteiger partial charge in [0.15, 0.2) is 16.6 Å². The first-order valence-corrected chi connectivity index (χ1v) is 10.6. The number of Topliss-reactive ketones (excluding diaryl/α,β-unsaturated/α-hetero) is 1. The number of halogens is 4. The molecule has 2 aromatic carbocycles. The molecule has 0 spiro atoms. The largest absolute Gasteiger partial charge is 0.416 e. The van der Waals surface area contributed by atoms with Gasteiger partial charge in [0.2, 0.25) is 0 Å². The average molecular weight is 509 g/mol. The molecule has 0 bridgehead atoms. The van der Waals surface area contributed by atoms with E-state index in [2.05, 4.69) is 31.1 Å². The number of carbonyl (C=O) groups excluding carboxylic acids is 1. The van der Waals surface area contributed by atoms with Crippen LogP contribution in [0, 0.1) is 0 Å².